The van der Waals surface area contributed by atoms with Crippen LogP contribution in [0, 0.1) is 0 Å². The average molecular weight is 216 g/mol. The largest absolute Gasteiger partial charge is 0.395 e. The first-order valence-electron chi connectivity index (χ1n) is 5.36. The van der Waals surface area contributed by atoms with Gasteiger partial charge in [0.15, 0.2) is 0 Å². The van der Waals surface area contributed by atoms with Gasteiger partial charge in [-0.3, -0.25) is 4.90 Å². The number of thiocarbonyl (C=S) groups is 1. The van der Waals surface area contributed by atoms with E-state index in [4.69, 9.17) is 23.1 Å². The highest BCUT2D eigenvalue weighted by Gasteiger charge is 2.30. The van der Waals surface area contributed by atoms with Crippen molar-refractivity contribution in [3.8, 4) is 0 Å². The Labute approximate surface area is 91.3 Å². The van der Waals surface area contributed by atoms with Gasteiger partial charge in [0.25, 0.3) is 0 Å². The second-order valence-electron chi connectivity index (χ2n) is 3.87. The quantitative estimate of drug-likeness (QED) is 0.648. The topological polar surface area (TPSA) is 49.5 Å². The van der Waals surface area contributed by atoms with Gasteiger partial charge in [0, 0.05) is 12.6 Å². The highest BCUT2D eigenvalue weighted by atomic mass is 32.1. The lowest BCUT2D eigenvalue weighted by atomic mass is 9.90. The van der Waals surface area contributed by atoms with E-state index in [1.807, 2.05) is 0 Å². The molecule has 0 bridgehead atoms. The fourth-order valence-corrected chi connectivity index (χ4v) is 2.33. The highest BCUT2D eigenvalue weighted by Crippen LogP contribution is 2.27. The molecule has 1 aliphatic rings. The average Bonchev–Trinajstić information content (AvgIpc) is 2.01. The molecule has 0 heterocycles. The second-order valence-corrected chi connectivity index (χ2v) is 4.34. The third-order valence-corrected chi connectivity index (χ3v) is 3.29. The maximum absolute atomic E-state index is 9.01. The molecule has 4 heteroatoms. The van der Waals surface area contributed by atoms with Crippen molar-refractivity contribution < 1.29 is 5.11 Å². The number of hydrogen-bond acceptors (Lipinski definition) is 3. The zero-order valence-electron chi connectivity index (χ0n) is 8.78. The van der Waals surface area contributed by atoms with Crippen molar-refractivity contribution in [3.63, 3.8) is 0 Å². The van der Waals surface area contributed by atoms with Crippen LogP contribution < -0.4 is 5.73 Å². The van der Waals surface area contributed by atoms with E-state index in [0.29, 0.717) is 17.6 Å². The smallest absolute Gasteiger partial charge is 0.0902 e. The van der Waals surface area contributed by atoms with Crippen molar-refractivity contribution in [2.45, 2.75) is 44.7 Å². The SMILES string of the molecule is CCC(C(N)=S)N(CCO)C1CCC1. The van der Waals surface area contributed by atoms with Gasteiger partial charge in [-0.05, 0) is 19.3 Å². The molecule has 1 atom stereocenters. The number of nitrogens with zero attached hydrogens (tertiary/aromatic N) is 1. The molecule has 0 saturated heterocycles. The van der Waals surface area contributed by atoms with Crippen LogP contribution >= 0.6 is 12.2 Å². The summed E-state index contributed by atoms with van der Waals surface area (Å²) in [6, 6.07) is 0.760. The number of aliphatic hydroxyl groups is 1. The van der Waals surface area contributed by atoms with Crippen molar-refractivity contribution >= 4 is 17.2 Å². The van der Waals surface area contributed by atoms with E-state index < -0.39 is 0 Å². The highest BCUT2D eigenvalue weighted by molar-refractivity contribution is 7.80. The summed E-state index contributed by atoms with van der Waals surface area (Å²) in [5.74, 6) is 0. The molecule has 14 heavy (non-hydrogen) atoms. The van der Waals surface area contributed by atoms with Gasteiger partial charge in [-0.15, -0.1) is 0 Å². The summed E-state index contributed by atoms with van der Waals surface area (Å²) >= 11 is 5.05. The summed E-state index contributed by atoms with van der Waals surface area (Å²) < 4.78 is 0. The van der Waals surface area contributed by atoms with Crippen molar-refractivity contribution in [1.82, 2.24) is 4.90 Å². The van der Waals surface area contributed by atoms with Crippen molar-refractivity contribution in [2.75, 3.05) is 13.2 Å². The van der Waals surface area contributed by atoms with Crippen molar-refractivity contribution in [3.05, 3.63) is 0 Å². The molecule has 0 spiro atoms. The van der Waals surface area contributed by atoms with E-state index in [-0.39, 0.29) is 12.6 Å². The van der Waals surface area contributed by atoms with Crippen LogP contribution in [0.4, 0.5) is 0 Å². The van der Waals surface area contributed by atoms with Crippen LogP contribution in [0.2, 0.25) is 0 Å². The molecule has 1 rings (SSSR count). The lowest BCUT2D eigenvalue weighted by Crippen LogP contribution is -2.52. The summed E-state index contributed by atoms with van der Waals surface area (Å²) in [5, 5.41) is 9.01. The van der Waals surface area contributed by atoms with Gasteiger partial charge in [-0.2, -0.15) is 0 Å². The zero-order chi connectivity index (χ0) is 10.6. The Morgan fingerprint density at radius 1 is 1.64 bits per heavy atom. The Balaban J connectivity index is 2.57. The first kappa shape index (κ1) is 11.9. The molecule has 3 N–H and O–H groups in total. The van der Waals surface area contributed by atoms with Crippen LogP contribution in [0.25, 0.3) is 0 Å². The molecule has 0 aromatic carbocycles. The monoisotopic (exact) mass is 216 g/mol. The molecule has 1 aliphatic carbocycles. The van der Waals surface area contributed by atoms with Crippen molar-refractivity contribution in [2.24, 2.45) is 5.73 Å². The van der Waals surface area contributed by atoms with Crippen LogP contribution in [-0.2, 0) is 0 Å². The third kappa shape index (κ3) is 2.65. The first-order valence-corrected chi connectivity index (χ1v) is 5.77. The minimum Gasteiger partial charge on any atom is -0.395 e. The maximum atomic E-state index is 9.01. The number of hydrogen-bond donors (Lipinski definition) is 2. The molecule has 0 aromatic rings. The van der Waals surface area contributed by atoms with Crippen LogP contribution in [0.1, 0.15) is 32.6 Å². The van der Waals surface area contributed by atoms with Gasteiger partial charge < -0.3 is 10.8 Å². The number of rotatable bonds is 6. The van der Waals surface area contributed by atoms with Gasteiger partial charge in [-0.25, -0.2) is 0 Å². The molecule has 1 fully saturated rings. The molecular formula is C10H20N2OS. The van der Waals surface area contributed by atoms with Gasteiger partial charge in [-0.1, -0.05) is 25.6 Å². The molecule has 82 valence electrons. The van der Waals surface area contributed by atoms with E-state index in [1.165, 1.54) is 19.3 Å². The minimum absolute atomic E-state index is 0.169. The molecular weight excluding hydrogens is 196 g/mol. The summed E-state index contributed by atoms with van der Waals surface area (Å²) in [7, 11) is 0. The molecule has 0 radical (unpaired) electrons. The van der Waals surface area contributed by atoms with E-state index in [1.54, 1.807) is 0 Å². The molecule has 0 aliphatic heterocycles. The van der Waals surface area contributed by atoms with Gasteiger partial charge in [0.05, 0.1) is 17.6 Å². The van der Waals surface area contributed by atoms with Crippen molar-refractivity contribution in [1.29, 1.82) is 0 Å². The fraction of sp³-hybridized carbons (Fsp3) is 0.900. The summed E-state index contributed by atoms with van der Waals surface area (Å²) in [5.41, 5.74) is 5.70. The minimum atomic E-state index is 0.169. The van der Waals surface area contributed by atoms with E-state index in [0.717, 1.165) is 6.42 Å². The molecule has 1 saturated carbocycles. The summed E-state index contributed by atoms with van der Waals surface area (Å²) in [6.07, 6.45) is 4.67. The first-order chi connectivity index (χ1) is 6.70. The normalized spacial score (nSPS) is 19.4. The van der Waals surface area contributed by atoms with E-state index in [9.17, 15) is 0 Å². The molecule has 0 amide bonds. The van der Waals surface area contributed by atoms with Crippen LogP contribution in [0.5, 0.6) is 0 Å². The van der Waals surface area contributed by atoms with Crippen LogP contribution in [-0.4, -0.2) is 40.2 Å². The summed E-state index contributed by atoms with van der Waals surface area (Å²) in [6.45, 7) is 2.98. The van der Waals surface area contributed by atoms with E-state index in [2.05, 4.69) is 11.8 Å². The van der Waals surface area contributed by atoms with Crippen LogP contribution in [0.15, 0.2) is 0 Å². The summed E-state index contributed by atoms with van der Waals surface area (Å²) in [4.78, 5) is 2.83. The Hall–Kier alpha value is -0.190. The van der Waals surface area contributed by atoms with E-state index >= 15 is 0 Å². The Morgan fingerprint density at radius 3 is 2.57 bits per heavy atom. The third-order valence-electron chi connectivity index (χ3n) is 3.02. The molecule has 1 unspecified atom stereocenters. The predicted molar refractivity (Wildman–Crippen MR) is 62.3 cm³/mol. The standard InChI is InChI=1S/C10H20N2OS/c1-2-9(10(11)14)12(6-7-13)8-4-3-5-8/h8-9,13H,2-7H2,1H3,(H2,11,14). The Bertz CT molecular complexity index is 195. The zero-order valence-corrected chi connectivity index (χ0v) is 9.59. The molecule has 0 aromatic heterocycles. The second kappa shape index (κ2) is 5.63. The maximum Gasteiger partial charge on any atom is 0.0902 e. The predicted octanol–water partition coefficient (Wildman–Crippen LogP) is 0.898. The molecule has 3 nitrogen and oxygen atoms in total. The number of aliphatic hydroxyl groups excluding tert-OH is 1. The Kier molecular flexibility index (Phi) is 4.78. The van der Waals surface area contributed by atoms with Gasteiger partial charge >= 0.3 is 0 Å². The lowest BCUT2D eigenvalue weighted by molar-refractivity contribution is 0.0826. The number of nitrogens with two attached hydrogens (primary N) is 1. The van der Waals surface area contributed by atoms with Gasteiger partial charge in [0.1, 0.15) is 0 Å². The van der Waals surface area contributed by atoms with Gasteiger partial charge in [0.2, 0.25) is 0 Å². The lowest BCUT2D eigenvalue weighted by Gasteiger charge is -2.41. The Morgan fingerprint density at radius 2 is 2.29 bits per heavy atom. The fourth-order valence-electron chi connectivity index (χ4n) is 2.03. The van der Waals surface area contributed by atoms with Crippen LogP contribution in [0.3, 0.4) is 0 Å².